The predicted molar refractivity (Wildman–Crippen MR) is 87.4 cm³/mol. The lowest BCUT2D eigenvalue weighted by Gasteiger charge is -2.34. The first-order chi connectivity index (χ1) is 12.0. The van der Waals surface area contributed by atoms with Crippen molar-refractivity contribution >= 4 is 11.9 Å². The van der Waals surface area contributed by atoms with Gasteiger partial charge in [0.05, 0.1) is 11.8 Å². The molecule has 0 atom stereocenters. The summed E-state index contributed by atoms with van der Waals surface area (Å²) in [5.41, 5.74) is 0.711. The number of piperazine rings is 1. The lowest BCUT2D eigenvalue weighted by molar-refractivity contribution is -0.133. The van der Waals surface area contributed by atoms with Gasteiger partial charge in [0.25, 0.3) is 0 Å². The average molecular weight is 346 g/mol. The van der Waals surface area contributed by atoms with E-state index in [4.69, 9.17) is 5.11 Å². The quantitative estimate of drug-likeness (QED) is 0.876. The van der Waals surface area contributed by atoms with Crippen LogP contribution >= 0.6 is 0 Å². The Kier molecular flexibility index (Phi) is 5.08. The SMILES string of the molecule is O=C(O)c1cnn(CC(=O)N2CCN(Cc3ccccc3F)CC2)c1. The van der Waals surface area contributed by atoms with Gasteiger partial charge in [-0.1, -0.05) is 18.2 Å². The van der Waals surface area contributed by atoms with Crippen molar-refractivity contribution in [2.24, 2.45) is 0 Å². The van der Waals surface area contributed by atoms with Crippen molar-refractivity contribution in [3.8, 4) is 0 Å². The van der Waals surface area contributed by atoms with Crippen LogP contribution in [0.15, 0.2) is 36.7 Å². The molecule has 3 rings (SSSR count). The normalized spacial score (nSPS) is 15.3. The minimum Gasteiger partial charge on any atom is -0.478 e. The van der Waals surface area contributed by atoms with Gasteiger partial charge < -0.3 is 10.0 Å². The van der Waals surface area contributed by atoms with Crippen molar-refractivity contribution in [3.05, 3.63) is 53.6 Å². The van der Waals surface area contributed by atoms with Gasteiger partial charge in [-0.25, -0.2) is 9.18 Å². The number of carboxylic acid groups (broad SMARTS) is 1. The van der Waals surface area contributed by atoms with E-state index in [1.807, 2.05) is 6.07 Å². The summed E-state index contributed by atoms with van der Waals surface area (Å²) in [4.78, 5) is 27.0. The van der Waals surface area contributed by atoms with E-state index in [0.29, 0.717) is 38.3 Å². The fourth-order valence-electron chi connectivity index (χ4n) is 2.82. The Hall–Kier alpha value is -2.74. The molecule has 1 amide bonds. The standard InChI is InChI=1S/C17H19FN4O3/c18-15-4-2-1-3-13(15)10-20-5-7-21(8-6-20)16(23)12-22-11-14(9-19-22)17(24)25/h1-4,9,11H,5-8,10,12H2,(H,24,25). The summed E-state index contributed by atoms with van der Waals surface area (Å²) < 4.78 is 15.0. The first-order valence-electron chi connectivity index (χ1n) is 8.02. The summed E-state index contributed by atoms with van der Waals surface area (Å²) >= 11 is 0. The topological polar surface area (TPSA) is 78.7 Å². The van der Waals surface area contributed by atoms with Crippen molar-refractivity contribution in [2.75, 3.05) is 26.2 Å². The molecular weight excluding hydrogens is 327 g/mol. The van der Waals surface area contributed by atoms with E-state index >= 15 is 0 Å². The molecule has 1 aromatic carbocycles. The Labute approximate surface area is 144 Å². The van der Waals surface area contributed by atoms with E-state index in [2.05, 4.69) is 10.00 Å². The van der Waals surface area contributed by atoms with Crippen molar-refractivity contribution in [3.63, 3.8) is 0 Å². The minimum atomic E-state index is -1.07. The van der Waals surface area contributed by atoms with Crippen LogP contribution in [-0.2, 0) is 17.9 Å². The number of carbonyl (C=O) groups excluding carboxylic acids is 1. The lowest BCUT2D eigenvalue weighted by atomic mass is 10.2. The number of aromatic nitrogens is 2. The number of halogens is 1. The van der Waals surface area contributed by atoms with Gasteiger partial charge in [-0.3, -0.25) is 14.4 Å². The van der Waals surface area contributed by atoms with E-state index in [9.17, 15) is 14.0 Å². The lowest BCUT2D eigenvalue weighted by Crippen LogP contribution is -2.49. The summed E-state index contributed by atoms with van der Waals surface area (Å²) in [6, 6.07) is 6.70. The van der Waals surface area contributed by atoms with Crippen molar-refractivity contribution < 1.29 is 19.1 Å². The van der Waals surface area contributed by atoms with Crippen LogP contribution in [0.3, 0.4) is 0 Å². The molecule has 0 unspecified atom stereocenters. The van der Waals surface area contributed by atoms with E-state index < -0.39 is 5.97 Å². The highest BCUT2D eigenvalue weighted by molar-refractivity contribution is 5.87. The maximum Gasteiger partial charge on any atom is 0.338 e. The van der Waals surface area contributed by atoms with E-state index in [1.165, 1.54) is 23.1 Å². The molecule has 1 aromatic heterocycles. The molecule has 2 aromatic rings. The molecule has 1 fully saturated rings. The summed E-state index contributed by atoms with van der Waals surface area (Å²) in [5, 5.41) is 12.8. The second kappa shape index (κ2) is 7.43. The number of hydrogen-bond donors (Lipinski definition) is 1. The fraction of sp³-hybridized carbons (Fsp3) is 0.353. The molecule has 0 radical (unpaired) electrons. The van der Waals surface area contributed by atoms with Crippen LogP contribution in [0, 0.1) is 5.82 Å². The predicted octanol–water partition coefficient (Wildman–Crippen LogP) is 1.06. The summed E-state index contributed by atoms with van der Waals surface area (Å²) in [7, 11) is 0. The summed E-state index contributed by atoms with van der Waals surface area (Å²) in [6.07, 6.45) is 2.57. The number of benzene rings is 1. The molecule has 0 aliphatic carbocycles. The third-order valence-corrected chi connectivity index (χ3v) is 4.25. The first kappa shape index (κ1) is 17.1. The molecule has 1 aliphatic heterocycles. The molecule has 0 bridgehead atoms. The monoisotopic (exact) mass is 346 g/mol. The molecular formula is C17H19FN4O3. The van der Waals surface area contributed by atoms with E-state index in [1.54, 1.807) is 17.0 Å². The van der Waals surface area contributed by atoms with Crippen molar-refractivity contribution in [1.29, 1.82) is 0 Å². The largest absolute Gasteiger partial charge is 0.478 e. The number of carboxylic acids is 1. The summed E-state index contributed by atoms with van der Waals surface area (Å²) in [5.74, 6) is -1.39. The molecule has 7 nitrogen and oxygen atoms in total. The number of hydrogen-bond acceptors (Lipinski definition) is 4. The van der Waals surface area contributed by atoms with Gasteiger partial charge in [-0.2, -0.15) is 5.10 Å². The Morgan fingerprint density at radius 2 is 1.88 bits per heavy atom. The second-order valence-electron chi connectivity index (χ2n) is 5.98. The number of rotatable bonds is 5. The highest BCUT2D eigenvalue weighted by atomic mass is 19.1. The van der Waals surface area contributed by atoms with Gasteiger partial charge in [0.15, 0.2) is 0 Å². The zero-order valence-corrected chi connectivity index (χ0v) is 13.6. The Morgan fingerprint density at radius 3 is 2.52 bits per heavy atom. The molecule has 8 heteroatoms. The zero-order valence-electron chi connectivity index (χ0n) is 13.6. The third kappa shape index (κ3) is 4.21. The van der Waals surface area contributed by atoms with Gasteiger partial charge in [0.1, 0.15) is 12.4 Å². The Bertz CT molecular complexity index is 769. The molecule has 0 spiro atoms. The fourth-order valence-corrected chi connectivity index (χ4v) is 2.82. The van der Waals surface area contributed by atoms with Gasteiger partial charge in [0.2, 0.25) is 5.91 Å². The third-order valence-electron chi connectivity index (χ3n) is 4.25. The molecule has 1 saturated heterocycles. The van der Waals surface area contributed by atoms with Crippen LogP contribution in [0.1, 0.15) is 15.9 Å². The summed E-state index contributed by atoms with van der Waals surface area (Å²) in [6.45, 7) is 2.98. The van der Waals surface area contributed by atoms with Crippen molar-refractivity contribution in [1.82, 2.24) is 19.6 Å². The van der Waals surface area contributed by atoms with Gasteiger partial charge >= 0.3 is 5.97 Å². The highest BCUT2D eigenvalue weighted by Crippen LogP contribution is 2.12. The van der Waals surface area contributed by atoms with Crippen LogP contribution in [0.25, 0.3) is 0 Å². The molecule has 2 heterocycles. The maximum absolute atomic E-state index is 13.7. The zero-order chi connectivity index (χ0) is 17.8. The number of aromatic carboxylic acids is 1. The van der Waals surface area contributed by atoms with Crippen LogP contribution in [-0.4, -0.2) is 62.7 Å². The number of amides is 1. The molecule has 1 aliphatic rings. The van der Waals surface area contributed by atoms with Crippen LogP contribution in [0.5, 0.6) is 0 Å². The second-order valence-corrected chi connectivity index (χ2v) is 5.98. The maximum atomic E-state index is 13.7. The molecule has 0 saturated carbocycles. The Morgan fingerprint density at radius 1 is 1.16 bits per heavy atom. The van der Waals surface area contributed by atoms with Crippen LogP contribution < -0.4 is 0 Å². The van der Waals surface area contributed by atoms with Crippen LogP contribution in [0.2, 0.25) is 0 Å². The average Bonchev–Trinajstić information content (AvgIpc) is 3.06. The molecule has 25 heavy (non-hydrogen) atoms. The van der Waals surface area contributed by atoms with Crippen LogP contribution in [0.4, 0.5) is 4.39 Å². The van der Waals surface area contributed by atoms with E-state index in [-0.39, 0.29) is 23.8 Å². The van der Waals surface area contributed by atoms with Crippen molar-refractivity contribution in [2.45, 2.75) is 13.1 Å². The number of carbonyl (C=O) groups is 2. The minimum absolute atomic E-state index is 0.0145. The molecule has 132 valence electrons. The van der Waals surface area contributed by atoms with Gasteiger partial charge in [-0.15, -0.1) is 0 Å². The highest BCUT2D eigenvalue weighted by Gasteiger charge is 2.22. The molecule has 1 N–H and O–H groups in total. The number of nitrogens with zero attached hydrogens (tertiary/aromatic N) is 4. The Balaban J connectivity index is 1.50. The smallest absolute Gasteiger partial charge is 0.338 e. The first-order valence-corrected chi connectivity index (χ1v) is 8.02. The van der Waals surface area contributed by atoms with Gasteiger partial charge in [-0.05, 0) is 6.07 Å². The van der Waals surface area contributed by atoms with Gasteiger partial charge in [0, 0.05) is 44.5 Å². The van der Waals surface area contributed by atoms with E-state index in [0.717, 1.165) is 0 Å².